The molecule has 2 atom stereocenters. The lowest BCUT2D eigenvalue weighted by Gasteiger charge is -2.21. The molecule has 1 aromatic rings. The first-order valence-electron chi connectivity index (χ1n) is 5.87. The van der Waals surface area contributed by atoms with Crippen molar-refractivity contribution in [3.8, 4) is 0 Å². The van der Waals surface area contributed by atoms with E-state index >= 15 is 0 Å². The Labute approximate surface area is 102 Å². The van der Waals surface area contributed by atoms with E-state index in [1.807, 2.05) is 19.2 Å². The Morgan fingerprint density at radius 3 is 2.71 bits per heavy atom. The number of rotatable bonds is 4. The quantitative estimate of drug-likeness (QED) is 0.857. The molecule has 0 radical (unpaired) electrons. The molecule has 2 unspecified atom stereocenters. The zero-order valence-electron chi connectivity index (χ0n) is 9.96. The fraction of sp³-hybridized carbons (Fsp3) is 0.583. The molecule has 1 N–H and O–H groups in total. The van der Waals surface area contributed by atoms with E-state index in [1.165, 1.54) is 5.56 Å². The highest BCUT2D eigenvalue weighted by molar-refractivity contribution is 7.91. The van der Waals surface area contributed by atoms with Gasteiger partial charge < -0.3 is 5.32 Å². The fourth-order valence-electron chi connectivity index (χ4n) is 2.42. The number of sulfone groups is 1. The van der Waals surface area contributed by atoms with Gasteiger partial charge in [0.15, 0.2) is 9.84 Å². The van der Waals surface area contributed by atoms with Gasteiger partial charge in [0, 0.05) is 18.4 Å². The van der Waals surface area contributed by atoms with Gasteiger partial charge in [0.2, 0.25) is 0 Å². The van der Waals surface area contributed by atoms with E-state index in [2.05, 4.69) is 10.3 Å². The number of nitrogens with one attached hydrogen (secondary N) is 1. The molecule has 1 fully saturated rings. The lowest BCUT2D eigenvalue weighted by Crippen LogP contribution is -2.36. The van der Waals surface area contributed by atoms with E-state index in [-0.39, 0.29) is 12.0 Å². The number of aromatic nitrogens is 1. The molecule has 1 saturated heterocycles. The van der Waals surface area contributed by atoms with Crippen LogP contribution in [0.1, 0.15) is 12.0 Å². The van der Waals surface area contributed by atoms with Crippen LogP contribution in [-0.2, 0) is 16.3 Å². The molecule has 17 heavy (non-hydrogen) atoms. The number of pyridine rings is 1. The first-order valence-corrected chi connectivity index (χ1v) is 7.69. The molecule has 1 aromatic heterocycles. The van der Waals surface area contributed by atoms with Gasteiger partial charge in [-0.15, -0.1) is 0 Å². The molecule has 2 heterocycles. The van der Waals surface area contributed by atoms with Gasteiger partial charge in [-0.2, -0.15) is 0 Å². The van der Waals surface area contributed by atoms with Gasteiger partial charge in [0.25, 0.3) is 0 Å². The second-order valence-corrected chi connectivity index (χ2v) is 6.85. The maximum atomic E-state index is 11.5. The van der Waals surface area contributed by atoms with Crippen molar-refractivity contribution in [2.45, 2.75) is 18.9 Å². The Morgan fingerprint density at radius 1 is 1.47 bits per heavy atom. The Bertz CT molecular complexity index is 459. The van der Waals surface area contributed by atoms with Crippen molar-refractivity contribution < 1.29 is 8.42 Å². The minimum atomic E-state index is -2.80. The van der Waals surface area contributed by atoms with Crippen molar-refractivity contribution in [2.24, 2.45) is 5.92 Å². The molecule has 0 spiro atoms. The van der Waals surface area contributed by atoms with Gasteiger partial charge in [0.05, 0.1) is 11.5 Å². The SMILES string of the molecule is CNC(Cc1ccncc1)C1CCS(=O)(=O)C1. The predicted octanol–water partition coefficient (Wildman–Crippen LogP) is 0.647. The normalized spacial score (nSPS) is 24.6. The van der Waals surface area contributed by atoms with Crippen LogP contribution in [0.3, 0.4) is 0 Å². The van der Waals surface area contributed by atoms with E-state index in [0.717, 1.165) is 12.8 Å². The highest BCUT2D eigenvalue weighted by Gasteiger charge is 2.32. The van der Waals surface area contributed by atoms with Gasteiger partial charge >= 0.3 is 0 Å². The molecule has 0 aliphatic carbocycles. The molecule has 2 rings (SSSR count). The number of hydrogen-bond acceptors (Lipinski definition) is 4. The van der Waals surface area contributed by atoms with Crippen molar-refractivity contribution in [1.82, 2.24) is 10.3 Å². The molecule has 94 valence electrons. The summed E-state index contributed by atoms with van der Waals surface area (Å²) in [7, 11) is -0.896. The Hall–Kier alpha value is -0.940. The highest BCUT2D eigenvalue weighted by Crippen LogP contribution is 2.23. The molecular weight excluding hydrogens is 236 g/mol. The number of likely N-dealkylation sites (N-methyl/N-ethyl adjacent to an activating group) is 1. The Kier molecular flexibility index (Phi) is 3.79. The maximum Gasteiger partial charge on any atom is 0.150 e. The zero-order valence-corrected chi connectivity index (χ0v) is 10.8. The average Bonchev–Trinajstić information content (AvgIpc) is 2.68. The van der Waals surface area contributed by atoms with Crippen molar-refractivity contribution in [1.29, 1.82) is 0 Å². The highest BCUT2D eigenvalue weighted by atomic mass is 32.2. The molecule has 0 aromatic carbocycles. The monoisotopic (exact) mass is 254 g/mol. The summed E-state index contributed by atoms with van der Waals surface area (Å²) in [6, 6.07) is 4.19. The summed E-state index contributed by atoms with van der Waals surface area (Å²) in [5, 5.41) is 3.25. The fourth-order valence-corrected chi connectivity index (χ4v) is 4.30. The zero-order chi connectivity index (χ0) is 12.3. The summed E-state index contributed by atoms with van der Waals surface area (Å²) in [6.45, 7) is 0. The Morgan fingerprint density at radius 2 is 2.18 bits per heavy atom. The van der Waals surface area contributed by atoms with Crippen LogP contribution in [0.4, 0.5) is 0 Å². The second kappa shape index (κ2) is 5.14. The molecule has 1 aliphatic heterocycles. The molecule has 4 nitrogen and oxygen atoms in total. The number of hydrogen-bond donors (Lipinski definition) is 1. The third-order valence-corrected chi connectivity index (χ3v) is 5.21. The third kappa shape index (κ3) is 3.26. The van der Waals surface area contributed by atoms with Crippen molar-refractivity contribution >= 4 is 9.84 Å². The van der Waals surface area contributed by atoms with Gasteiger partial charge in [-0.3, -0.25) is 4.98 Å². The average molecular weight is 254 g/mol. The molecular formula is C12H18N2O2S. The Balaban J connectivity index is 2.03. The first-order chi connectivity index (χ1) is 8.11. The van der Waals surface area contributed by atoms with Crippen LogP contribution in [-0.4, -0.2) is 38.0 Å². The number of nitrogens with zero attached hydrogens (tertiary/aromatic N) is 1. The summed E-state index contributed by atoms with van der Waals surface area (Å²) in [6.07, 6.45) is 5.18. The summed E-state index contributed by atoms with van der Waals surface area (Å²) in [5.74, 6) is 0.897. The van der Waals surface area contributed by atoms with E-state index in [4.69, 9.17) is 0 Å². The van der Waals surface area contributed by atoms with E-state index in [9.17, 15) is 8.42 Å². The maximum absolute atomic E-state index is 11.5. The molecule has 1 aliphatic rings. The molecule has 0 saturated carbocycles. The standard InChI is InChI=1S/C12H18N2O2S/c1-13-12(8-10-2-5-14-6-3-10)11-4-7-17(15,16)9-11/h2-3,5-6,11-13H,4,7-9H2,1H3. The minimum Gasteiger partial charge on any atom is -0.316 e. The minimum absolute atomic E-state index is 0.231. The lowest BCUT2D eigenvalue weighted by molar-refractivity contribution is 0.403. The van der Waals surface area contributed by atoms with Crippen molar-refractivity contribution in [3.63, 3.8) is 0 Å². The van der Waals surface area contributed by atoms with Crippen LogP contribution in [0.5, 0.6) is 0 Å². The van der Waals surface area contributed by atoms with Gasteiger partial charge in [-0.05, 0) is 43.5 Å². The van der Waals surface area contributed by atoms with E-state index in [0.29, 0.717) is 11.5 Å². The van der Waals surface area contributed by atoms with E-state index in [1.54, 1.807) is 12.4 Å². The lowest BCUT2D eigenvalue weighted by atomic mass is 9.93. The van der Waals surface area contributed by atoms with Crippen LogP contribution in [0, 0.1) is 5.92 Å². The third-order valence-electron chi connectivity index (χ3n) is 3.41. The summed E-state index contributed by atoms with van der Waals surface area (Å²) >= 11 is 0. The summed E-state index contributed by atoms with van der Waals surface area (Å²) in [4.78, 5) is 3.98. The summed E-state index contributed by atoms with van der Waals surface area (Å²) < 4.78 is 23.0. The largest absolute Gasteiger partial charge is 0.316 e. The van der Waals surface area contributed by atoms with Crippen LogP contribution >= 0.6 is 0 Å². The first kappa shape index (κ1) is 12.5. The van der Waals surface area contributed by atoms with E-state index < -0.39 is 9.84 Å². The van der Waals surface area contributed by atoms with Crippen LogP contribution in [0.25, 0.3) is 0 Å². The topological polar surface area (TPSA) is 59.1 Å². The van der Waals surface area contributed by atoms with Crippen molar-refractivity contribution in [3.05, 3.63) is 30.1 Å². The molecule has 0 amide bonds. The van der Waals surface area contributed by atoms with Crippen LogP contribution < -0.4 is 5.32 Å². The van der Waals surface area contributed by atoms with Crippen molar-refractivity contribution in [2.75, 3.05) is 18.6 Å². The smallest absolute Gasteiger partial charge is 0.150 e. The second-order valence-electron chi connectivity index (χ2n) is 4.62. The van der Waals surface area contributed by atoms with Crippen LogP contribution in [0.2, 0.25) is 0 Å². The van der Waals surface area contributed by atoms with Gasteiger partial charge in [0.1, 0.15) is 0 Å². The van der Waals surface area contributed by atoms with Gasteiger partial charge in [-0.25, -0.2) is 8.42 Å². The summed E-state index contributed by atoms with van der Waals surface area (Å²) in [5.41, 5.74) is 1.20. The molecule has 0 bridgehead atoms. The molecule has 5 heteroatoms. The van der Waals surface area contributed by atoms with Gasteiger partial charge in [-0.1, -0.05) is 0 Å². The van der Waals surface area contributed by atoms with Crippen LogP contribution in [0.15, 0.2) is 24.5 Å². The predicted molar refractivity (Wildman–Crippen MR) is 67.5 cm³/mol.